The van der Waals surface area contributed by atoms with Crippen molar-refractivity contribution in [3.63, 3.8) is 0 Å². The highest BCUT2D eigenvalue weighted by molar-refractivity contribution is 5.59. The fraction of sp³-hybridized carbons (Fsp3) is 0.826. The molecule has 2 heteroatoms. The molecule has 0 aromatic carbocycles. The molecular formula is C23H36O2. The van der Waals surface area contributed by atoms with Gasteiger partial charge in [-0.05, 0) is 80.0 Å². The van der Waals surface area contributed by atoms with E-state index in [-0.39, 0.29) is 22.7 Å². The van der Waals surface area contributed by atoms with Gasteiger partial charge < -0.3 is 9.59 Å². The second-order valence-electron chi connectivity index (χ2n) is 10.1. The Morgan fingerprint density at radius 1 is 0.960 bits per heavy atom. The second kappa shape index (κ2) is 6.67. The van der Waals surface area contributed by atoms with Gasteiger partial charge in [0.1, 0.15) is 12.6 Å². The smallest absolute Gasteiger partial charge is 0.123 e. The van der Waals surface area contributed by atoms with Crippen LogP contribution < -0.4 is 0 Å². The van der Waals surface area contributed by atoms with Gasteiger partial charge in [0.15, 0.2) is 0 Å². The summed E-state index contributed by atoms with van der Waals surface area (Å²) in [6.07, 6.45) is 10.4. The van der Waals surface area contributed by atoms with Crippen molar-refractivity contribution in [2.24, 2.45) is 46.3 Å². The van der Waals surface area contributed by atoms with Gasteiger partial charge >= 0.3 is 0 Å². The quantitative estimate of drug-likeness (QED) is 0.501. The van der Waals surface area contributed by atoms with Crippen LogP contribution in [0.15, 0.2) is 12.2 Å². The van der Waals surface area contributed by atoms with Gasteiger partial charge in [0.05, 0.1) is 0 Å². The molecule has 0 bridgehead atoms. The molecule has 0 radical (unpaired) electrons. The van der Waals surface area contributed by atoms with Gasteiger partial charge in [-0.2, -0.15) is 0 Å². The van der Waals surface area contributed by atoms with E-state index < -0.39 is 0 Å². The Bertz CT molecular complexity index is 552. The van der Waals surface area contributed by atoms with Crippen LogP contribution in [0.5, 0.6) is 0 Å². The predicted molar refractivity (Wildman–Crippen MR) is 102 cm³/mol. The monoisotopic (exact) mass is 344 g/mol. The Hall–Kier alpha value is -0.920. The average Bonchev–Trinajstić information content (AvgIpc) is 2.93. The number of aldehydes is 2. The number of carbonyl (C=O) groups excluding carboxylic acids is 2. The van der Waals surface area contributed by atoms with E-state index in [1.54, 1.807) is 0 Å². The molecule has 3 rings (SSSR count). The summed E-state index contributed by atoms with van der Waals surface area (Å²) in [6.45, 7) is 13.4. The van der Waals surface area contributed by atoms with E-state index in [2.05, 4.69) is 34.3 Å². The van der Waals surface area contributed by atoms with E-state index in [0.29, 0.717) is 23.7 Å². The van der Waals surface area contributed by atoms with Crippen molar-refractivity contribution in [3.8, 4) is 0 Å². The standard InChI is InChI=1S/C23H36O2/c1-15(2)19-6-7-20-18(14-25)21(9-11-23(19,20)5)22(4)10-8-16(3)12-17(22)13-24/h13-14,16-21H,1,6-12H2,2-5H3/t16-,17+,18-,19+,20?,21?,22-,23+/m0/s1. The molecule has 3 aliphatic carbocycles. The molecule has 8 atom stereocenters. The van der Waals surface area contributed by atoms with E-state index in [0.717, 1.165) is 25.7 Å². The van der Waals surface area contributed by atoms with Crippen molar-refractivity contribution >= 4 is 12.6 Å². The largest absolute Gasteiger partial charge is 0.303 e. The first-order chi connectivity index (χ1) is 11.8. The van der Waals surface area contributed by atoms with Crippen molar-refractivity contribution < 1.29 is 9.59 Å². The molecule has 0 aliphatic heterocycles. The summed E-state index contributed by atoms with van der Waals surface area (Å²) in [5.41, 5.74) is 1.52. The van der Waals surface area contributed by atoms with Crippen LogP contribution in [0.3, 0.4) is 0 Å². The number of fused-ring (bicyclic) bond motifs is 1. The summed E-state index contributed by atoms with van der Waals surface area (Å²) in [5, 5.41) is 0. The Balaban J connectivity index is 1.91. The van der Waals surface area contributed by atoms with Crippen LogP contribution in [0.25, 0.3) is 0 Å². The summed E-state index contributed by atoms with van der Waals surface area (Å²) in [5.74, 6) is 2.26. The number of carbonyl (C=O) groups is 2. The second-order valence-corrected chi connectivity index (χ2v) is 10.1. The first-order valence-electron chi connectivity index (χ1n) is 10.3. The number of hydrogen-bond acceptors (Lipinski definition) is 2. The summed E-state index contributed by atoms with van der Waals surface area (Å²) < 4.78 is 0. The number of rotatable bonds is 4. The highest BCUT2D eigenvalue weighted by Crippen LogP contribution is 2.64. The van der Waals surface area contributed by atoms with Gasteiger partial charge in [0.2, 0.25) is 0 Å². The Labute approximate surface area is 153 Å². The van der Waals surface area contributed by atoms with Crippen molar-refractivity contribution in [1.82, 2.24) is 0 Å². The van der Waals surface area contributed by atoms with Gasteiger partial charge in [-0.3, -0.25) is 0 Å². The third kappa shape index (κ3) is 2.84. The van der Waals surface area contributed by atoms with Gasteiger partial charge in [-0.25, -0.2) is 0 Å². The van der Waals surface area contributed by atoms with Crippen LogP contribution >= 0.6 is 0 Å². The molecule has 0 spiro atoms. The Kier molecular flexibility index (Phi) is 5.03. The third-order valence-corrected chi connectivity index (χ3v) is 8.78. The van der Waals surface area contributed by atoms with Gasteiger partial charge in [0.25, 0.3) is 0 Å². The fourth-order valence-electron chi connectivity index (χ4n) is 7.20. The molecule has 3 saturated carbocycles. The summed E-state index contributed by atoms with van der Waals surface area (Å²) in [4.78, 5) is 24.2. The summed E-state index contributed by atoms with van der Waals surface area (Å²) in [6, 6.07) is 0. The van der Waals surface area contributed by atoms with Crippen molar-refractivity contribution in [1.29, 1.82) is 0 Å². The van der Waals surface area contributed by atoms with E-state index in [9.17, 15) is 9.59 Å². The lowest BCUT2D eigenvalue weighted by molar-refractivity contribution is -0.135. The molecule has 2 unspecified atom stereocenters. The molecule has 25 heavy (non-hydrogen) atoms. The normalized spacial score (nSPS) is 50.1. The molecule has 2 nitrogen and oxygen atoms in total. The molecular weight excluding hydrogens is 308 g/mol. The maximum atomic E-state index is 12.3. The van der Waals surface area contributed by atoms with Crippen LogP contribution in [-0.4, -0.2) is 12.6 Å². The zero-order valence-electron chi connectivity index (χ0n) is 16.6. The van der Waals surface area contributed by atoms with Crippen molar-refractivity contribution in [2.75, 3.05) is 0 Å². The minimum absolute atomic E-state index is 0.00246. The van der Waals surface area contributed by atoms with Gasteiger partial charge in [0, 0.05) is 11.8 Å². The molecule has 0 N–H and O–H groups in total. The minimum Gasteiger partial charge on any atom is -0.303 e. The molecule has 0 aromatic heterocycles. The third-order valence-electron chi connectivity index (χ3n) is 8.78. The molecule has 0 amide bonds. The first-order valence-corrected chi connectivity index (χ1v) is 10.3. The summed E-state index contributed by atoms with van der Waals surface area (Å²) >= 11 is 0. The lowest BCUT2D eigenvalue weighted by Crippen LogP contribution is -2.51. The lowest BCUT2D eigenvalue weighted by atomic mass is 9.48. The lowest BCUT2D eigenvalue weighted by Gasteiger charge is -2.55. The van der Waals surface area contributed by atoms with Crippen molar-refractivity contribution in [3.05, 3.63) is 12.2 Å². The minimum atomic E-state index is 0.00246. The highest BCUT2D eigenvalue weighted by atomic mass is 16.1. The molecule has 3 aliphatic rings. The van der Waals surface area contributed by atoms with Crippen LogP contribution in [-0.2, 0) is 9.59 Å². The average molecular weight is 345 g/mol. The van der Waals surface area contributed by atoms with E-state index in [1.165, 1.54) is 37.4 Å². The van der Waals surface area contributed by atoms with Crippen LogP contribution in [0.1, 0.15) is 72.6 Å². The molecule has 3 fully saturated rings. The van der Waals surface area contributed by atoms with E-state index in [4.69, 9.17) is 0 Å². The van der Waals surface area contributed by atoms with Crippen LogP contribution in [0, 0.1) is 46.3 Å². The van der Waals surface area contributed by atoms with E-state index >= 15 is 0 Å². The molecule has 0 heterocycles. The maximum Gasteiger partial charge on any atom is 0.123 e. The predicted octanol–water partition coefficient (Wildman–Crippen LogP) is 5.46. The number of allylic oxidation sites excluding steroid dienone is 1. The zero-order chi connectivity index (χ0) is 18.4. The van der Waals surface area contributed by atoms with E-state index in [1.807, 2.05) is 0 Å². The van der Waals surface area contributed by atoms with Gasteiger partial charge in [-0.1, -0.05) is 39.3 Å². The van der Waals surface area contributed by atoms with Crippen molar-refractivity contribution in [2.45, 2.75) is 72.6 Å². The fourth-order valence-corrected chi connectivity index (χ4v) is 7.20. The highest BCUT2D eigenvalue weighted by Gasteiger charge is 2.58. The van der Waals surface area contributed by atoms with Crippen LogP contribution in [0.4, 0.5) is 0 Å². The SMILES string of the molecule is C=C(C)[C@H]1CCC2[C@H](C=O)C([C@@]3(C)CC[C@H](C)C[C@@H]3C=O)CC[C@@]21C. The first kappa shape index (κ1) is 18.9. The Morgan fingerprint density at radius 2 is 1.60 bits per heavy atom. The zero-order valence-corrected chi connectivity index (χ0v) is 16.6. The molecule has 0 saturated heterocycles. The maximum absolute atomic E-state index is 12.3. The van der Waals surface area contributed by atoms with Gasteiger partial charge in [-0.15, -0.1) is 0 Å². The van der Waals surface area contributed by atoms with Crippen LogP contribution in [0.2, 0.25) is 0 Å². The molecule has 0 aromatic rings. The summed E-state index contributed by atoms with van der Waals surface area (Å²) in [7, 11) is 0. The molecule has 140 valence electrons. The number of hydrogen-bond donors (Lipinski definition) is 0. The Morgan fingerprint density at radius 3 is 2.20 bits per heavy atom. The topological polar surface area (TPSA) is 34.1 Å².